The van der Waals surface area contributed by atoms with Gasteiger partial charge in [-0.05, 0) is 36.4 Å². The van der Waals surface area contributed by atoms with Crippen molar-refractivity contribution in [3.8, 4) is 0 Å². The standard InChI is InChI=1S/C20H20OP.BrH/c1-21-17-22(18-11-5-2-6-12-18,19-13-7-3-8-14-19)20-15-9-4-10-16-20;/h2-16H,17H2,1H3;1H/q+1;/p-1. The average Bonchev–Trinajstić information content (AvgIpc) is 2.62. The monoisotopic (exact) mass is 386 g/mol. The second-order valence-electron chi connectivity index (χ2n) is 5.23. The first-order valence-corrected chi connectivity index (χ1v) is 9.39. The van der Waals surface area contributed by atoms with Crippen LogP contribution in [0.1, 0.15) is 0 Å². The van der Waals surface area contributed by atoms with E-state index in [0.29, 0.717) is 6.35 Å². The summed E-state index contributed by atoms with van der Waals surface area (Å²) in [6.07, 6.45) is 0.713. The first-order valence-electron chi connectivity index (χ1n) is 7.42. The summed E-state index contributed by atoms with van der Waals surface area (Å²) in [7, 11) is 0.0197. The van der Waals surface area contributed by atoms with Gasteiger partial charge in [-0.1, -0.05) is 54.6 Å². The van der Waals surface area contributed by atoms with Crippen molar-refractivity contribution in [3.63, 3.8) is 0 Å². The molecule has 0 atom stereocenters. The molecule has 0 saturated heterocycles. The van der Waals surface area contributed by atoms with Crippen molar-refractivity contribution in [1.29, 1.82) is 0 Å². The Hall–Kier alpha value is -1.47. The van der Waals surface area contributed by atoms with Gasteiger partial charge < -0.3 is 21.7 Å². The third kappa shape index (κ3) is 3.55. The molecule has 0 N–H and O–H groups in total. The fraction of sp³-hybridized carbons (Fsp3) is 0.100. The summed E-state index contributed by atoms with van der Waals surface area (Å²) >= 11 is 0. The SMILES string of the molecule is COC[P+](c1ccccc1)(c1ccccc1)c1ccccc1.[Br-]. The fourth-order valence-corrected chi connectivity index (χ4v) is 6.68. The number of ether oxygens (including phenoxy) is 1. The largest absolute Gasteiger partial charge is 1.00 e. The summed E-state index contributed by atoms with van der Waals surface area (Å²) in [6, 6.07) is 32.3. The van der Waals surface area contributed by atoms with Gasteiger partial charge in [-0.25, -0.2) is 0 Å². The van der Waals surface area contributed by atoms with Crippen LogP contribution in [-0.4, -0.2) is 13.5 Å². The van der Waals surface area contributed by atoms with Crippen molar-refractivity contribution in [2.24, 2.45) is 0 Å². The van der Waals surface area contributed by atoms with Gasteiger partial charge in [-0.2, -0.15) is 0 Å². The highest BCUT2D eigenvalue weighted by molar-refractivity contribution is 7.95. The lowest BCUT2D eigenvalue weighted by Crippen LogP contribution is -3.00. The zero-order valence-corrected chi connectivity index (χ0v) is 15.6. The van der Waals surface area contributed by atoms with Crippen LogP contribution < -0.4 is 32.9 Å². The summed E-state index contributed by atoms with van der Waals surface area (Å²) < 4.78 is 5.72. The van der Waals surface area contributed by atoms with Crippen molar-refractivity contribution in [2.45, 2.75) is 0 Å². The van der Waals surface area contributed by atoms with E-state index in [4.69, 9.17) is 4.74 Å². The molecule has 0 bridgehead atoms. The molecular formula is C20H20BrOP. The Labute approximate surface area is 149 Å². The number of hydrogen-bond acceptors (Lipinski definition) is 1. The molecule has 0 saturated carbocycles. The van der Waals surface area contributed by atoms with Crippen LogP contribution in [0.15, 0.2) is 91.0 Å². The molecule has 0 aromatic heterocycles. The molecule has 0 aliphatic carbocycles. The van der Waals surface area contributed by atoms with Crippen LogP contribution in [0.5, 0.6) is 0 Å². The predicted molar refractivity (Wildman–Crippen MR) is 97.0 cm³/mol. The van der Waals surface area contributed by atoms with E-state index in [1.807, 2.05) is 0 Å². The van der Waals surface area contributed by atoms with E-state index in [-0.39, 0.29) is 17.0 Å². The molecule has 0 aliphatic rings. The lowest BCUT2D eigenvalue weighted by Gasteiger charge is -2.26. The van der Waals surface area contributed by atoms with Gasteiger partial charge in [-0.15, -0.1) is 0 Å². The molecule has 0 aliphatic heterocycles. The second-order valence-corrected chi connectivity index (χ2v) is 8.66. The Bertz CT molecular complexity index is 605. The van der Waals surface area contributed by atoms with Gasteiger partial charge in [0.25, 0.3) is 0 Å². The van der Waals surface area contributed by atoms with E-state index < -0.39 is 7.26 Å². The summed E-state index contributed by atoms with van der Waals surface area (Å²) in [5, 5.41) is 4.07. The molecule has 3 aromatic rings. The van der Waals surface area contributed by atoms with E-state index in [2.05, 4.69) is 91.0 Å². The molecule has 0 amide bonds. The van der Waals surface area contributed by atoms with E-state index in [1.165, 1.54) is 15.9 Å². The summed E-state index contributed by atoms with van der Waals surface area (Å²) in [4.78, 5) is 0. The number of halogens is 1. The van der Waals surface area contributed by atoms with Crippen LogP contribution in [-0.2, 0) is 4.74 Å². The summed E-state index contributed by atoms with van der Waals surface area (Å²) in [6.45, 7) is 0. The predicted octanol–water partition coefficient (Wildman–Crippen LogP) is 0.588. The van der Waals surface area contributed by atoms with Crippen molar-refractivity contribution in [2.75, 3.05) is 13.5 Å². The number of methoxy groups -OCH3 is 1. The number of hydrogen-bond donors (Lipinski definition) is 0. The van der Waals surface area contributed by atoms with E-state index in [0.717, 1.165) is 0 Å². The zero-order valence-electron chi connectivity index (χ0n) is 13.1. The molecule has 23 heavy (non-hydrogen) atoms. The fourth-order valence-electron chi connectivity index (χ4n) is 2.91. The third-order valence-corrected chi connectivity index (χ3v) is 8.10. The molecule has 0 heterocycles. The quantitative estimate of drug-likeness (QED) is 0.583. The van der Waals surface area contributed by atoms with Crippen molar-refractivity contribution >= 4 is 23.2 Å². The van der Waals surface area contributed by atoms with Gasteiger partial charge in [0, 0.05) is 7.11 Å². The molecule has 0 unspecified atom stereocenters. The molecule has 0 radical (unpaired) electrons. The molecule has 1 nitrogen and oxygen atoms in total. The molecule has 3 heteroatoms. The van der Waals surface area contributed by atoms with Gasteiger partial charge in [0.15, 0.2) is 6.35 Å². The maximum absolute atomic E-state index is 5.72. The Kier molecular flexibility index (Phi) is 6.53. The average molecular weight is 387 g/mol. The van der Waals surface area contributed by atoms with Crippen LogP contribution in [0.4, 0.5) is 0 Å². The van der Waals surface area contributed by atoms with Crippen LogP contribution in [0, 0.1) is 0 Å². The van der Waals surface area contributed by atoms with E-state index in [9.17, 15) is 0 Å². The van der Waals surface area contributed by atoms with Crippen molar-refractivity contribution < 1.29 is 21.7 Å². The topological polar surface area (TPSA) is 9.23 Å². The summed E-state index contributed by atoms with van der Waals surface area (Å²) in [5.74, 6) is 0. The van der Waals surface area contributed by atoms with Crippen LogP contribution in [0.3, 0.4) is 0 Å². The first kappa shape index (κ1) is 17.9. The molecule has 0 fully saturated rings. The Morgan fingerprint density at radius 2 is 0.913 bits per heavy atom. The van der Waals surface area contributed by atoms with Crippen molar-refractivity contribution in [3.05, 3.63) is 91.0 Å². The third-order valence-electron chi connectivity index (χ3n) is 3.91. The normalized spacial score (nSPS) is 10.8. The van der Waals surface area contributed by atoms with Gasteiger partial charge in [-0.3, -0.25) is 0 Å². The minimum atomic E-state index is -1.78. The molecule has 3 aromatic carbocycles. The maximum atomic E-state index is 5.72. The smallest absolute Gasteiger partial charge is 0.170 e. The molecular weight excluding hydrogens is 367 g/mol. The molecule has 3 rings (SSSR count). The van der Waals surface area contributed by atoms with Crippen molar-refractivity contribution in [1.82, 2.24) is 0 Å². The highest BCUT2D eigenvalue weighted by Crippen LogP contribution is 2.54. The Morgan fingerprint density at radius 3 is 1.17 bits per heavy atom. The highest BCUT2D eigenvalue weighted by atomic mass is 79.9. The van der Waals surface area contributed by atoms with E-state index >= 15 is 0 Å². The minimum Gasteiger partial charge on any atom is -1.00 e. The highest BCUT2D eigenvalue weighted by Gasteiger charge is 2.45. The lowest BCUT2D eigenvalue weighted by molar-refractivity contribution is -0.00000450. The lowest BCUT2D eigenvalue weighted by atomic mass is 10.4. The van der Waals surface area contributed by atoms with Gasteiger partial charge in [0.2, 0.25) is 0 Å². The second kappa shape index (κ2) is 8.40. The van der Waals surface area contributed by atoms with Gasteiger partial charge in [0.1, 0.15) is 23.2 Å². The molecule has 0 spiro atoms. The van der Waals surface area contributed by atoms with Crippen LogP contribution in [0.25, 0.3) is 0 Å². The van der Waals surface area contributed by atoms with Gasteiger partial charge >= 0.3 is 0 Å². The summed E-state index contributed by atoms with van der Waals surface area (Å²) in [5.41, 5.74) is 0. The first-order chi connectivity index (χ1) is 10.9. The number of benzene rings is 3. The zero-order chi connectivity index (χ0) is 15.3. The number of rotatable bonds is 5. The minimum absolute atomic E-state index is 0. The van der Waals surface area contributed by atoms with Gasteiger partial charge in [0.05, 0.1) is 0 Å². The Morgan fingerprint density at radius 1 is 0.609 bits per heavy atom. The van der Waals surface area contributed by atoms with E-state index in [1.54, 1.807) is 7.11 Å². The maximum Gasteiger partial charge on any atom is 0.170 e. The Balaban J connectivity index is 0.00000192. The molecule has 118 valence electrons. The van der Waals surface area contributed by atoms with Crippen LogP contribution in [0.2, 0.25) is 0 Å². The van der Waals surface area contributed by atoms with Crippen LogP contribution >= 0.6 is 7.26 Å².